The standard InChI is InChI=1S/C11H8N2O3/c14-7-9-6-13(11(15)16)10(12-9)8-4-2-1-3-5-8/h1-7H,(H,15,16). The molecule has 0 spiro atoms. The Balaban J connectivity index is 2.59. The number of imidazole rings is 1. The van der Waals surface area contributed by atoms with Crippen LogP contribution in [0.15, 0.2) is 36.5 Å². The Morgan fingerprint density at radius 3 is 2.56 bits per heavy atom. The zero-order valence-electron chi connectivity index (χ0n) is 8.20. The van der Waals surface area contributed by atoms with Gasteiger partial charge in [-0.1, -0.05) is 30.3 Å². The molecule has 0 unspecified atom stereocenters. The Bertz CT molecular complexity index is 531. The number of rotatable bonds is 2. The van der Waals surface area contributed by atoms with Crippen molar-refractivity contribution in [2.45, 2.75) is 0 Å². The lowest BCUT2D eigenvalue weighted by molar-refractivity contribution is 0.111. The first-order chi connectivity index (χ1) is 7.72. The quantitative estimate of drug-likeness (QED) is 0.778. The molecule has 0 fully saturated rings. The van der Waals surface area contributed by atoms with Gasteiger partial charge in [0.15, 0.2) is 6.29 Å². The van der Waals surface area contributed by atoms with Gasteiger partial charge in [0.2, 0.25) is 0 Å². The zero-order chi connectivity index (χ0) is 11.5. The van der Waals surface area contributed by atoms with E-state index in [2.05, 4.69) is 4.98 Å². The SMILES string of the molecule is O=Cc1cn(C(=O)O)c(-c2ccccc2)n1. The van der Waals surface area contributed by atoms with E-state index < -0.39 is 6.09 Å². The molecule has 1 aromatic carbocycles. The van der Waals surface area contributed by atoms with E-state index in [0.29, 0.717) is 11.8 Å². The summed E-state index contributed by atoms with van der Waals surface area (Å²) in [5, 5.41) is 8.94. The summed E-state index contributed by atoms with van der Waals surface area (Å²) in [4.78, 5) is 25.4. The maximum Gasteiger partial charge on any atom is 0.417 e. The molecule has 0 atom stereocenters. The fourth-order valence-electron chi connectivity index (χ4n) is 1.39. The van der Waals surface area contributed by atoms with Crippen molar-refractivity contribution in [1.29, 1.82) is 0 Å². The van der Waals surface area contributed by atoms with Crippen molar-refractivity contribution < 1.29 is 14.7 Å². The Morgan fingerprint density at radius 1 is 1.31 bits per heavy atom. The number of carbonyl (C=O) groups is 2. The lowest BCUT2D eigenvalue weighted by Crippen LogP contribution is -2.08. The predicted octanol–water partition coefficient (Wildman–Crippen LogP) is 1.89. The van der Waals surface area contributed by atoms with Crippen molar-refractivity contribution in [3.05, 3.63) is 42.2 Å². The number of benzene rings is 1. The number of carbonyl (C=O) groups excluding carboxylic acids is 1. The summed E-state index contributed by atoms with van der Waals surface area (Å²) in [6, 6.07) is 8.83. The van der Waals surface area contributed by atoms with Crippen LogP contribution in [0.2, 0.25) is 0 Å². The molecule has 0 saturated carbocycles. The highest BCUT2D eigenvalue weighted by molar-refractivity contribution is 5.80. The second-order valence-corrected chi connectivity index (χ2v) is 3.13. The Kier molecular flexibility index (Phi) is 2.51. The van der Waals surface area contributed by atoms with E-state index in [1.165, 1.54) is 6.20 Å². The van der Waals surface area contributed by atoms with Gasteiger partial charge in [-0.15, -0.1) is 0 Å². The van der Waals surface area contributed by atoms with Gasteiger partial charge in [-0.25, -0.2) is 14.3 Å². The van der Waals surface area contributed by atoms with Gasteiger partial charge in [0.1, 0.15) is 11.5 Å². The van der Waals surface area contributed by atoms with Crippen molar-refractivity contribution in [3.8, 4) is 11.4 Å². The molecular formula is C11H8N2O3. The summed E-state index contributed by atoms with van der Waals surface area (Å²) in [6.45, 7) is 0. The van der Waals surface area contributed by atoms with Crippen LogP contribution in [0.5, 0.6) is 0 Å². The lowest BCUT2D eigenvalue weighted by Gasteiger charge is -2.00. The molecule has 2 aromatic rings. The molecule has 0 bridgehead atoms. The minimum absolute atomic E-state index is 0.0984. The highest BCUT2D eigenvalue weighted by Gasteiger charge is 2.13. The maximum absolute atomic E-state index is 10.9. The molecule has 0 aliphatic heterocycles. The summed E-state index contributed by atoms with van der Waals surface area (Å²) < 4.78 is 0.930. The molecule has 0 radical (unpaired) electrons. The van der Waals surface area contributed by atoms with Crippen molar-refractivity contribution in [2.75, 3.05) is 0 Å². The third-order valence-electron chi connectivity index (χ3n) is 2.08. The molecule has 5 heteroatoms. The van der Waals surface area contributed by atoms with Crippen LogP contribution >= 0.6 is 0 Å². The van der Waals surface area contributed by atoms with Crippen molar-refractivity contribution in [2.24, 2.45) is 0 Å². The molecule has 0 aliphatic rings. The zero-order valence-corrected chi connectivity index (χ0v) is 8.20. The second-order valence-electron chi connectivity index (χ2n) is 3.13. The minimum atomic E-state index is -1.17. The van der Waals surface area contributed by atoms with E-state index in [0.717, 1.165) is 4.57 Å². The van der Waals surface area contributed by atoms with Crippen LogP contribution in [-0.4, -0.2) is 27.0 Å². The fourth-order valence-corrected chi connectivity index (χ4v) is 1.39. The average Bonchev–Trinajstić information content (AvgIpc) is 2.74. The Labute approximate surface area is 91.0 Å². The highest BCUT2D eigenvalue weighted by atomic mass is 16.4. The van der Waals surface area contributed by atoms with Gasteiger partial charge < -0.3 is 5.11 Å². The monoisotopic (exact) mass is 216 g/mol. The van der Waals surface area contributed by atoms with Crippen molar-refractivity contribution in [3.63, 3.8) is 0 Å². The summed E-state index contributed by atoms with van der Waals surface area (Å²) in [5.74, 6) is 0.246. The van der Waals surface area contributed by atoms with Crippen LogP contribution in [0.4, 0.5) is 4.79 Å². The highest BCUT2D eigenvalue weighted by Crippen LogP contribution is 2.17. The van der Waals surface area contributed by atoms with E-state index in [4.69, 9.17) is 5.11 Å². The van der Waals surface area contributed by atoms with Crippen LogP contribution in [0.1, 0.15) is 10.5 Å². The molecule has 0 amide bonds. The maximum atomic E-state index is 10.9. The fraction of sp³-hybridized carbons (Fsp3) is 0. The predicted molar refractivity (Wildman–Crippen MR) is 56.5 cm³/mol. The van der Waals surface area contributed by atoms with Crippen LogP contribution < -0.4 is 0 Å². The number of hydrogen-bond acceptors (Lipinski definition) is 3. The molecular weight excluding hydrogens is 208 g/mol. The number of aromatic nitrogens is 2. The van der Waals surface area contributed by atoms with E-state index in [9.17, 15) is 9.59 Å². The van der Waals surface area contributed by atoms with Gasteiger partial charge in [-0.2, -0.15) is 0 Å². The lowest BCUT2D eigenvalue weighted by atomic mass is 10.2. The summed E-state index contributed by atoms with van der Waals surface area (Å²) >= 11 is 0. The van der Waals surface area contributed by atoms with Crippen LogP contribution in [0.25, 0.3) is 11.4 Å². The molecule has 1 heterocycles. The number of hydrogen-bond donors (Lipinski definition) is 1. The first-order valence-electron chi connectivity index (χ1n) is 4.55. The molecule has 0 saturated heterocycles. The second kappa shape index (κ2) is 3.98. The summed E-state index contributed by atoms with van der Waals surface area (Å²) in [7, 11) is 0. The van der Waals surface area contributed by atoms with Gasteiger partial charge in [0.05, 0.1) is 0 Å². The van der Waals surface area contributed by atoms with Gasteiger partial charge in [0.25, 0.3) is 0 Å². The van der Waals surface area contributed by atoms with E-state index in [-0.39, 0.29) is 11.5 Å². The number of nitrogens with zero attached hydrogens (tertiary/aromatic N) is 2. The van der Waals surface area contributed by atoms with Crippen molar-refractivity contribution >= 4 is 12.4 Å². The molecule has 0 aliphatic carbocycles. The van der Waals surface area contributed by atoms with Crippen LogP contribution in [0.3, 0.4) is 0 Å². The van der Waals surface area contributed by atoms with E-state index in [1.54, 1.807) is 24.3 Å². The van der Waals surface area contributed by atoms with Gasteiger partial charge in [-0.3, -0.25) is 4.79 Å². The summed E-state index contributed by atoms with van der Waals surface area (Å²) in [6.07, 6.45) is 0.545. The van der Waals surface area contributed by atoms with Crippen LogP contribution in [0, 0.1) is 0 Å². The first kappa shape index (κ1) is 10.1. The largest absolute Gasteiger partial charge is 0.464 e. The third-order valence-corrected chi connectivity index (χ3v) is 2.08. The Hall–Kier alpha value is -2.43. The van der Waals surface area contributed by atoms with Crippen LogP contribution in [-0.2, 0) is 0 Å². The summed E-state index contributed by atoms with van der Waals surface area (Å²) in [5.41, 5.74) is 0.749. The topological polar surface area (TPSA) is 72.2 Å². The molecule has 80 valence electrons. The molecule has 1 N–H and O–H groups in total. The van der Waals surface area contributed by atoms with Gasteiger partial charge >= 0.3 is 6.09 Å². The smallest absolute Gasteiger partial charge is 0.417 e. The molecule has 16 heavy (non-hydrogen) atoms. The average molecular weight is 216 g/mol. The Morgan fingerprint density at radius 2 is 2.00 bits per heavy atom. The van der Waals surface area contributed by atoms with Crippen molar-refractivity contribution in [1.82, 2.24) is 9.55 Å². The van der Waals surface area contributed by atoms with Gasteiger partial charge in [0, 0.05) is 11.8 Å². The normalized spacial score (nSPS) is 10.0. The molecule has 2 rings (SSSR count). The molecule has 1 aromatic heterocycles. The number of aldehydes is 1. The number of carboxylic acid groups (broad SMARTS) is 1. The minimum Gasteiger partial charge on any atom is -0.464 e. The third kappa shape index (κ3) is 1.70. The van der Waals surface area contributed by atoms with E-state index >= 15 is 0 Å². The van der Waals surface area contributed by atoms with E-state index in [1.807, 2.05) is 6.07 Å². The van der Waals surface area contributed by atoms with Gasteiger partial charge in [-0.05, 0) is 0 Å². The molecule has 5 nitrogen and oxygen atoms in total. The first-order valence-corrected chi connectivity index (χ1v) is 4.55.